The van der Waals surface area contributed by atoms with Crippen LogP contribution in [0.15, 0.2) is 53.6 Å². The number of hydrogen-bond donors (Lipinski definition) is 2. The zero-order valence-corrected chi connectivity index (χ0v) is 20.9. The topological polar surface area (TPSA) is 170 Å². The number of hydrogen-bond acceptors (Lipinski definition) is 9. The summed E-state index contributed by atoms with van der Waals surface area (Å²) < 4.78 is 42.8. The van der Waals surface area contributed by atoms with Gasteiger partial charge in [-0.25, -0.2) is 0 Å². The van der Waals surface area contributed by atoms with Crippen LogP contribution in [0.3, 0.4) is 0 Å². The quantitative estimate of drug-likeness (QED) is 0.227. The molecule has 0 spiro atoms. The van der Waals surface area contributed by atoms with E-state index in [0.717, 1.165) is 16.7 Å². The van der Waals surface area contributed by atoms with Crippen molar-refractivity contribution in [3.8, 4) is 0 Å². The number of nitro benzene ring substituents is 1. The van der Waals surface area contributed by atoms with Gasteiger partial charge in [0.05, 0.1) is 22.2 Å². The average molecular weight is 532 g/mol. The van der Waals surface area contributed by atoms with Gasteiger partial charge in [-0.15, -0.1) is 0 Å². The maximum atomic E-state index is 12.3. The Morgan fingerprint density at radius 2 is 1.94 bits per heavy atom. The summed E-state index contributed by atoms with van der Waals surface area (Å²) in [4.78, 5) is 24.5. The standard InChI is InChI=1S/C23H25N5O6S2/c24-20(29)7-4-11-23(14-16-5-2-1-3-6-16,21-22(26-35-25-21)36(32,33)34)27-12-10-17-8-9-19(28(30)31)13-18(17)15-27/h1-3,5-6,8-9,13H,4,7,10-12,14-15H2,(H2,24,29)(H,32,33,34). The highest BCUT2D eigenvalue weighted by Gasteiger charge is 2.45. The van der Waals surface area contributed by atoms with Crippen molar-refractivity contribution in [3.05, 3.63) is 81.0 Å². The van der Waals surface area contributed by atoms with Crippen LogP contribution < -0.4 is 5.73 Å². The molecule has 36 heavy (non-hydrogen) atoms. The van der Waals surface area contributed by atoms with Gasteiger partial charge in [0.1, 0.15) is 5.69 Å². The van der Waals surface area contributed by atoms with Gasteiger partial charge in [0.15, 0.2) is 0 Å². The second-order valence-electron chi connectivity index (χ2n) is 8.79. The summed E-state index contributed by atoms with van der Waals surface area (Å²) in [5.74, 6) is -0.491. The van der Waals surface area contributed by atoms with E-state index in [4.69, 9.17) is 5.73 Å². The first-order valence-corrected chi connectivity index (χ1v) is 13.4. The molecule has 1 aliphatic heterocycles. The Kier molecular flexibility index (Phi) is 7.45. The van der Waals surface area contributed by atoms with E-state index in [1.807, 2.05) is 35.2 Å². The van der Waals surface area contributed by atoms with Gasteiger partial charge in [-0.3, -0.25) is 24.4 Å². The molecule has 3 aromatic rings. The molecule has 0 radical (unpaired) electrons. The highest BCUT2D eigenvalue weighted by molar-refractivity contribution is 7.85. The van der Waals surface area contributed by atoms with E-state index in [9.17, 15) is 27.9 Å². The lowest BCUT2D eigenvalue weighted by Gasteiger charge is -2.46. The van der Waals surface area contributed by atoms with Gasteiger partial charge < -0.3 is 5.73 Å². The number of nitrogens with two attached hydrogens (primary N) is 1. The van der Waals surface area contributed by atoms with Gasteiger partial charge in [0, 0.05) is 31.6 Å². The molecule has 1 aromatic heterocycles. The number of primary amides is 1. The van der Waals surface area contributed by atoms with Crippen LogP contribution in [0.4, 0.5) is 5.69 Å². The number of nitrogens with zero attached hydrogens (tertiary/aromatic N) is 4. The Bertz CT molecular complexity index is 1380. The van der Waals surface area contributed by atoms with Gasteiger partial charge in [0.25, 0.3) is 5.69 Å². The molecule has 190 valence electrons. The molecule has 0 fully saturated rings. The van der Waals surface area contributed by atoms with Crippen molar-refractivity contribution in [3.63, 3.8) is 0 Å². The molecular weight excluding hydrogens is 506 g/mol. The third-order valence-electron chi connectivity index (χ3n) is 6.51. The predicted molar refractivity (Wildman–Crippen MR) is 132 cm³/mol. The molecule has 1 unspecified atom stereocenters. The molecule has 1 amide bonds. The van der Waals surface area contributed by atoms with Gasteiger partial charge in [0.2, 0.25) is 10.9 Å². The lowest BCUT2D eigenvalue weighted by Crippen LogP contribution is -2.51. The van der Waals surface area contributed by atoms with E-state index in [0.29, 0.717) is 44.0 Å². The monoisotopic (exact) mass is 531 g/mol. The maximum absolute atomic E-state index is 12.3. The number of fused-ring (bicyclic) bond motifs is 1. The highest BCUT2D eigenvalue weighted by atomic mass is 32.2. The zero-order valence-electron chi connectivity index (χ0n) is 19.2. The number of nitro groups is 1. The third kappa shape index (κ3) is 5.43. The summed E-state index contributed by atoms with van der Waals surface area (Å²) in [6, 6.07) is 14.1. The number of carbonyl (C=O) groups excluding carboxylic acids is 1. The number of amides is 1. The van der Waals surface area contributed by atoms with Crippen molar-refractivity contribution < 1.29 is 22.7 Å². The minimum absolute atomic E-state index is 0.0352. The second-order valence-corrected chi connectivity index (χ2v) is 10.7. The van der Waals surface area contributed by atoms with Crippen molar-refractivity contribution in [2.75, 3.05) is 6.54 Å². The molecule has 0 bridgehead atoms. The molecule has 1 atom stereocenters. The largest absolute Gasteiger partial charge is 0.370 e. The minimum atomic E-state index is -4.69. The van der Waals surface area contributed by atoms with Gasteiger partial charge in [-0.1, -0.05) is 36.4 Å². The minimum Gasteiger partial charge on any atom is -0.370 e. The fourth-order valence-corrected chi connectivity index (χ4v) is 6.41. The van der Waals surface area contributed by atoms with Crippen LogP contribution in [0.2, 0.25) is 0 Å². The summed E-state index contributed by atoms with van der Waals surface area (Å²) >= 11 is 0.679. The lowest BCUT2D eigenvalue weighted by atomic mass is 9.79. The fourth-order valence-electron chi connectivity index (χ4n) is 4.86. The molecule has 2 aromatic carbocycles. The molecule has 2 heterocycles. The number of non-ortho nitro benzene ring substituents is 1. The Hall–Kier alpha value is -3.26. The SMILES string of the molecule is NC(=O)CCCC(Cc1ccccc1)(c1nsnc1S(=O)(=O)O)N1CCc2ccc([N+](=O)[O-])cc2C1. The molecule has 4 rings (SSSR count). The van der Waals surface area contributed by atoms with Crippen molar-refractivity contribution >= 4 is 33.4 Å². The van der Waals surface area contributed by atoms with Crippen LogP contribution >= 0.6 is 11.7 Å². The molecule has 11 nitrogen and oxygen atoms in total. The average Bonchev–Trinajstić information content (AvgIpc) is 3.34. The second kappa shape index (κ2) is 10.4. The zero-order chi connectivity index (χ0) is 25.9. The normalized spacial score (nSPS) is 15.7. The van der Waals surface area contributed by atoms with Crippen LogP contribution in [0.1, 0.15) is 41.6 Å². The molecule has 0 aliphatic carbocycles. The summed E-state index contributed by atoms with van der Waals surface area (Å²) in [5.41, 5.74) is 6.98. The maximum Gasteiger partial charge on any atom is 0.315 e. The Morgan fingerprint density at radius 1 is 1.19 bits per heavy atom. The van der Waals surface area contributed by atoms with Crippen LogP contribution in [0, 0.1) is 10.1 Å². The van der Waals surface area contributed by atoms with Gasteiger partial charge in [-0.2, -0.15) is 17.2 Å². The van der Waals surface area contributed by atoms with E-state index in [1.54, 1.807) is 6.07 Å². The summed E-state index contributed by atoms with van der Waals surface area (Å²) in [7, 11) is -4.69. The Balaban J connectivity index is 1.87. The molecule has 0 saturated heterocycles. The number of aromatic nitrogens is 2. The molecule has 0 saturated carbocycles. The van der Waals surface area contributed by atoms with E-state index in [1.165, 1.54) is 12.1 Å². The van der Waals surface area contributed by atoms with E-state index < -0.39 is 31.5 Å². The first-order valence-electron chi connectivity index (χ1n) is 11.2. The van der Waals surface area contributed by atoms with Crippen molar-refractivity contribution in [1.82, 2.24) is 13.6 Å². The van der Waals surface area contributed by atoms with Gasteiger partial charge in [-0.05, 0) is 42.4 Å². The van der Waals surface area contributed by atoms with Crippen molar-refractivity contribution in [1.29, 1.82) is 0 Å². The van der Waals surface area contributed by atoms with Crippen LogP contribution in [0.25, 0.3) is 0 Å². The molecule has 1 aliphatic rings. The smallest absolute Gasteiger partial charge is 0.315 e. The first-order chi connectivity index (χ1) is 17.1. The number of benzene rings is 2. The summed E-state index contributed by atoms with van der Waals surface area (Å²) in [6.45, 7) is 0.777. The van der Waals surface area contributed by atoms with E-state index in [2.05, 4.69) is 8.75 Å². The van der Waals surface area contributed by atoms with Crippen LogP contribution in [-0.4, -0.2) is 44.0 Å². The molecule has 3 N–H and O–H groups in total. The van der Waals surface area contributed by atoms with Gasteiger partial charge >= 0.3 is 10.1 Å². The summed E-state index contributed by atoms with van der Waals surface area (Å²) in [5, 5.41) is 10.9. The molecule has 13 heteroatoms. The van der Waals surface area contributed by atoms with E-state index >= 15 is 0 Å². The number of carbonyl (C=O) groups is 1. The summed E-state index contributed by atoms with van der Waals surface area (Å²) in [6.07, 6.45) is 1.58. The van der Waals surface area contributed by atoms with Crippen LogP contribution in [0.5, 0.6) is 0 Å². The van der Waals surface area contributed by atoms with E-state index in [-0.39, 0.29) is 24.3 Å². The Morgan fingerprint density at radius 3 is 2.61 bits per heavy atom. The Labute approximate surface area is 212 Å². The third-order valence-corrected chi connectivity index (χ3v) is 7.93. The predicted octanol–water partition coefficient (Wildman–Crippen LogP) is 2.84. The van der Waals surface area contributed by atoms with Crippen molar-refractivity contribution in [2.24, 2.45) is 5.73 Å². The van der Waals surface area contributed by atoms with Crippen molar-refractivity contribution in [2.45, 2.75) is 49.2 Å². The lowest BCUT2D eigenvalue weighted by molar-refractivity contribution is -0.385. The van der Waals surface area contributed by atoms with Crippen LogP contribution in [-0.2, 0) is 39.8 Å². The molecular formula is C23H25N5O6S2. The fraction of sp³-hybridized carbons (Fsp3) is 0.348. The first kappa shape index (κ1) is 25.8. The number of rotatable bonds is 10. The highest BCUT2D eigenvalue weighted by Crippen LogP contribution is 2.42.